The maximum atomic E-state index is 12.5. The summed E-state index contributed by atoms with van der Waals surface area (Å²) in [4.78, 5) is 0.323. The standard InChI is InChI=1S/C16H19NO2S/c1-11-6-8-16(14(4)9-11)20(18,19)17-15-10-12(2)5-7-13(15)3/h5-10,17H,1-4H3. The van der Waals surface area contributed by atoms with Crippen LogP contribution >= 0.6 is 0 Å². The number of aryl methyl sites for hydroxylation is 4. The molecule has 106 valence electrons. The Kier molecular flexibility index (Phi) is 3.86. The van der Waals surface area contributed by atoms with Crippen molar-refractivity contribution in [3.8, 4) is 0 Å². The molecular formula is C16H19NO2S. The van der Waals surface area contributed by atoms with E-state index in [0.717, 1.165) is 22.3 Å². The van der Waals surface area contributed by atoms with Gasteiger partial charge in [-0.25, -0.2) is 8.42 Å². The molecule has 0 aliphatic rings. The molecule has 0 fully saturated rings. The van der Waals surface area contributed by atoms with Gasteiger partial charge in [0.15, 0.2) is 0 Å². The van der Waals surface area contributed by atoms with Crippen LogP contribution in [0.15, 0.2) is 41.3 Å². The third kappa shape index (κ3) is 3.02. The van der Waals surface area contributed by atoms with Crippen molar-refractivity contribution in [3.63, 3.8) is 0 Å². The van der Waals surface area contributed by atoms with E-state index in [1.165, 1.54) is 0 Å². The average Bonchev–Trinajstić information content (AvgIpc) is 2.33. The summed E-state index contributed by atoms with van der Waals surface area (Å²) in [6.45, 7) is 7.58. The van der Waals surface area contributed by atoms with Gasteiger partial charge in [0.2, 0.25) is 0 Å². The predicted octanol–water partition coefficient (Wildman–Crippen LogP) is 3.72. The van der Waals surface area contributed by atoms with Crippen molar-refractivity contribution in [1.29, 1.82) is 0 Å². The van der Waals surface area contributed by atoms with Crippen molar-refractivity contribution in [2.75, 3.05) is 4.72 Å². The van der Waals surface area contributed by atoms with Gasteiger partial charge in [0.05, 0.1) is 10.6 Å². The molecule has 0 aliphatic carbocycles. The van der Waals surface area contributed by atoms with Gasteiger partial charge in [-0.05, 0) is 56.5 Å². The van der Waals surface area contributed by atoms with E-state index >= 15 is 0 Å². The Morgan fingerprint density at radius 3 is 2.05 bits per heavy atom. The van der Waals surface area contributed by atoms with E-state index in [9.17, 15) is 8.42 Å². The molecule has 4 heteroatoms. The lowest BCUT2D eigenvalue weighted by molar-refractivity contribution is 0.600. The molecule has 0 saturated carbocycles. The lowest BCUT2D eigenvalue weighted by Gasteiger charge is -2.13. The number of anilines is 1. The summed E-state index contributed by atoms with van der Waals surface area (Å²) in [6, 6.07) is 11.1. The van der Waals surface area contributed by atoms with Crippen molar-refractivity contribution >= 4 is 15.7 Å². The fraction of sp³-hybridized carbons (Fsp3) is 0.250. The molecule has 0 aromatic heterocycles. The minimum absolute atomic E-state index is 0.323. The molecule has 3 nitrogen and oxygen atoms in total. The number of hydrogen-bond acceptors (Lipinski definition) is 2. The van der Waals surface area contributed by atoms with E-state index in [2.05, 4.69) is 4.72 Å². The van der Waals surface area contributed by atoms with Crippen molar-refractivity contribution in [3.05, 3.63) is 58.7 Å². The van der Waals surface area contributed by atoms with Gasteiger partial charge < -0.3 is 0 Å². The lowest BCUT2D eigenvalue weighted by Crippen LogP contribution is -2.15. The highest BCUT2D eigenvalue weighted by Crippen LogP contribution is 2.23. The summed E-state index contributed by atoms with van der Waals surface area (Å²) >= 11 is 0. The highest BCUT2D eigenvalue weighted by Gasteiger charge is 2.17. The van der Waals surface area contributed by atoms with Crippen LogP contribution in [0.2, 0.25) is 0 Å². The Morgan fingerprint density at radius 1 is 0.800 bits per heavy atom. The van der Waals surface area contributed by atoms with Crippen LogP contribution in [0.25, 0.3) is 0 Å². The van der Waals surface area contributed by atoms with Crippen LogP contribution < -0.4 is 4.72 Å². The first-order valence-electron chi connectivity index (χ1n) is 6.47. The van der Waals surface area contributed by atoms with E-state index in [-0.39, 0.29) is 0 Å². The minimum Gasteiger partial charge on any atom is -0.279 e. The topological polar surface area (TPSA) is 46.2 Å². The molecular weight excluding hydrogens is 270 g/mol. The second kappa shape index (κ2) is 5.29. The van der Waals surface area contributed by atoms with Crippen LogP contribution in [0.5, 0.6) is 0 Å². The number of sulfonamides is 1. The molecule has 0 atom stereocenters. The van der Waals surface area contributed by atoms with Crippen LogP contribution in [0.1, 0.15) is 22.3 Å². The fourth-order valence-corrected chi connectivity index (χ4v) is 3.50. The zero-order chi connectivity index (χ0) is 14.9. The van der Waals surface area contributed by atoms with Gasteiger partial charge in [-0.3, -0.25) is 4.72 Å². The number of benzene rings is 2. The van der Waals surface area contributed by atoms with Gasteiger partial charge in [0.25, 0.3) is 10.0 Å². The molecule has 0 heterocycles. The monoisotopic (exact) mass is 289 g/mol. The number of nitrogens with one attached hydrogen (secondary N) is 1. The highest BCUT2D eigenvalue weighted by atomic mass is 32.2. The second-order valence-corrected chi connectivity index (χ2v) is 6.84. The third-order valence-corrected chi connectivity index (χ3v) is 4.78. The molecule has 2 aromatic rings. The molecule has 0 saturated heterocycles. The van der Waals surface area contributed by atoms with Crippen LogP contribution in [0, 0.1) is 27.7 Å². The summed E-state index contributed by atoms with van der Waals surface area (Å²) in [5.74, 6) is 0. The molecule has 0 radical (unpaired) electrons. The predicted molar refractivity (Wildman–Crippen MR) is 82.6 cm³/mol. The molecule has 2 aromatic carbocycles. The van der Waals surface area contributed by atoms with Crippen molar-refractivity contribution in [2.24, 2.45) is 0 Å². The molecule has 0 unspecified atom stereocenters. The Balaban J connectivity index is 2.43. The molecule has 0 aliphatic heterocycles. The summed E-state index contributed by atoms with van der Waals surface area (Å²) in [5.41, 5.74) is 4.36. The summed E-state index contributed by atoms with van der Waals surface area (Å²) in [6.07, 6.45) is 0. The van der Waals surface area contributed by atoms with Gasteiger partial charge in [-0.2, -0.15) is 0 Å². The van der Waals surface area contributed by atoms with Gasteiger partial charge in [-0.1, -0.05) is 29.8 Å². The van der Waals surface area contributed by atoms with E-state index in [0.29, 0.717) is 10.6 Å². The van der Waals surface area contributed by atoms with E-state index in [1.54, 1.807) is 6.07 Å². The summed E-state index contributed by atoms with van der Waals surface area (Å²) in [5, 5.41) is 0. The maximum absolute atomic E-state index is 12.5. The number of rotatable bonds is 3. The second-order valence-electron chi connectivity index (χ2n) is 5.19. The van der Waals surface area contributed by atoms with Crippen LogP contribution in [-0.2, 0) is 10.0 Å². The van der Waals surface area contributed by atoms with Crippen molar-refractivity contribution < 1.29 is 8.42 Å². The quantitative estimate of drug-likeness (QED) is 0.936. The first-order chi connectivity index (χ1) is 9.29. The largest absolute Gasteiger partial charge is 0.279 e. The van der Waals surface area contributed by atoms with Crippen LogP contribution in [0.4, 0.5) is 5.69 Å². The van der Waals surface area contributed by atoms with Gasteiger partial charge in [-0.15, -0.1) is 0 Å². The Bertz CT molecular complexity index is 749. The van der Waals surface area contributed by atoms with Gasteiger partial charge in [0, 0.05) is 0 Å². The van der Waals surface area contributed by atoms with E-state index in [4.69, 9.17) is 0 Å². The summed E-state index contributed by atoms with van der Waals surface area (Å²) < 4.78 is 27.6. The normalized spacial score (nSPS) is 11.4. The Morgan fingerprint density at radius 2 is 1.40 bits per heavy atom. The molecule has 1 N–H and O–H groups in total. The SMILES string of the molecule is Cc1ccc(S(=O)(=O)Nc2cc(C)ccc2C)c(C)c1. The van der Waals surface area contributed by atoms with Crippen LogP contribution in [-0.4, -0.2) is 8.42 Å². The van der Waals surface area contributed by atoms with E-state index < -0.39 is 10.0 Å². The Hall–Kier alpha value is -1.81. The number of hydrogen-bond donors (Lipinski definition) is 1. The van der Waals surface area contributed by atoms with Crippen LogP contribution in [0.3, 0.4) is 0 Å². The molecule has 0 bridgehead atoms. The fourth-order valence-electron chi connectivity index (χ4n) is 2.15. The highest BCUT2D eigenvalue weighted by molar-refractivity contribution is 7.92. The van der Waals surface area contributed by atoms with Crippen molar-refractivity contribution in [2.45, 2.75) is 32.6 Å². The van der Waals surface area contributed by atoms with Crippen molar-refractivity contribution in [1.82, 2.24) is 0 Å². The average molecular weight is 289 g/mol. The lowest BCUT2D eigenvalue weighted by atomic mass is 10.1. The zero-order valence-corrected chi connectivity index (χ0v) is 13.0. The first kappa shape index (κ1) is 14.6. The van der Waals surface area contributed by atoms with Gasteiger partial charge >= 0.3 is 0 Å². The van der Waals surface area contributed by atoms with Gasteiger partial charge in [0.1, 0.15) is 0 Å². The smallest absolute Gasteiger partial charge is 0.262 e. The maximum Gasteiger partial charge on any atom is 0.262 e. The zero-order valence-electron chi connectivity index (χ0n) is 12.2. The third-order valence-electron chi connectivity index (χ3n) is 3.26. The molecule has 0 spiro atoms. The van der Waals surface area contributed by atoms with E-state index in [1.807, 2.05) is 58.0 Å². The minimum atomic E-state index is -3.55. The molecule has 20 heavy (non-hydrogen) atoms. The Labute approximate surface area is 120 Å². The molecule has 2 rings (SSSR count). The molecule has 0 amide bonds. The first-order valence-corrected chi connectivity index (χ1v) is 7.95. The summed E-state index contributed by atoms with van der Waals surface area (Å²) in [7, 11) is -3.55.